The first-order valence-corrected chi connectivity index (χ1v) is 13.8. The lowest BCUT2D eigenvalue weighted by molar-refractivity contribution is -0.128. The van der Waals surface area contributed by atoms with Gasteiger partial charge in [0.1, 0.15) is 16.6 Å². The molecule has 1 saturated heterocycles. The van der Waals surface area contributed by atoms with Crippen LogP contribution in [0, 0.1) is 24.5 Å². The molecule has 11 heteroatoms. The lowest BCUT2D eigenvalue weighted by Gasteiger charge is -2.43. The maximum absolute atomic E-state index is 14.2. The van der Waals surface area contributed by atoms with Crippen molar-refractivity contribution in [2.24, 2.45) is 5.92 Å². The number of piperidine rings is 1. The Labute approximate surface area is 223 Å². The topological polar surface area (TPSA) is 100 Å². The van der Waals surface area contributed by atoms with Crippen molar-refractivity contribution >= 4 is 23.2 Å². The van der Waals surface area contributed by atoms with Crippen LogP contribution in [-0.4, -0.2) is 52.0 Å². The molecule has 2 aromatic heterocycles. The van der Waals surface area contributed by atoms with Crippen molar-refractivity contribution in [1.29, 1.82) is 0 Å². The highest BCUT2D eigenvalue weighted by molar-refractivity contribution is 7.11. The number of aryl methyl sites for hydroxylation is 1. The third-order valence-corrected chi connectivity index (χ3v) is 8.32. The van der Waals surface area contributed by atoms with Gasteiger partial charge >= 0.3 is 0 Å². The van der Waals surface area contributed by atoms with Crippen molar-refractivity contribution in [1.82, 2.24) is 25.7 Å². The zero-order valence-corrected chi connectivity index (χ0v) is 22.0. The number of carbonyl (C=O) groups is 2. The van der Waals surface area contributed by atoms with Crippen LogP contribution < -0.4 is 10.6 Å². The maximum Gasteiger partial charge on any atom is 0.273 e. The number of benzene rings is 1. The first kappa shape index (κ1) is 26.4. The Balaban J connectivity index is 1.28. The summed E-state index contributed by atoms with van der Waals surface area (Å²) in [4.78, 5) is 34.3. The molecule has 0 bridgehead atoms. The number of likely N-dealkylation sites (tertiary alicyclic amines) is 1. The summed E-state index contributed by atoms with van der Waals surface area (Å²) in [6.07, 6.45) is 8.31. The molecule has 2 amide bonds. The summed E-state index contributed by atoms with van der Waals surface area (Å²) < 4.78 is 32.6. The predicted octanol–water partition coefficient (Wildman–Crippen LogP) is 4.45. The van der Waals surface area contributed by atoms with Gasteiger partial charge in [0.15, 0.2) is 11.5 Å². The monoisotopic (exact) mass is 543 g/mol. The van der Waals surface area contributed by atoms with Gasteiger partial charge in [-0.15, -0.1) is 11.3 Å². The molecule has 1 saturated carbocycles. The first-order valence-electron chi connectivity index (χ1n) is 13.0. The number of hydrogen-bond donors (Lipinski definition) is 2. The molecule has 5 rings (SSSR count). The van der Waals surface area contributed by atoms with E-state index in [9.17, 15) is 18.4 Å². The van der Waals surface area contributed by atoms with E-state index in [4.69, 9.17) is 4.52 Å². The minimum Gasteiger partial charge on any atom is -0.355 e. The van der Waals surface area contributed by atoms with Gasteiger partial charge in [-0.1, -0.05) is 24.4 Å². The van der Waals surface area contributed by atoms with E-state index < -0.39 is 29.5 Å². The van der Waals surface area contributed by atoms with Crippen molar-refractivity contribution in [3.05, 3.63) is 57.7 Å². The summed E-state index contributed by atoms with van der Waals surface area (Å²) in [6.45, 7) is 3.66. The quantitative estimate of drug-likeness (QED) is 0.457. The van der Waals surface area contributed by atoms with Crippen molar-refractivity contribution in [3.63, 3.8) is 0 Å². The van der Waals surface area contributed by atoms with E-state index in [-0.39, 0.29) is 22.9 Å². The molecule has 3 aromatic rings. The Bertz CT molecular complexity index is 1290. The van der Waals surface area contributed by atoms with Crippen LogP contribution in [0.25, 0.3) is 11.3 Å². The smallest absolute Gasteiger partial charge is 0.273 e. The molecule has 202 valence electrons. The van der Waals surface area contributed by atoms with Crippen LogP contribution in [0.5, 0.6) is 0 Å². The largest absolute Gasteiger partial charge is 0.355 e. The van der Waals surface area contributed by atoms with Gasteiger partial charge in [-0.2, -0.15) is 0 Å². The van der Waals surface area contributed by atoms with E-state index in [0.717, 1.165) is 41.4 Å². The Hall–Kier alpha value is -3.18. The second-order valence-electron chi connectivity index (χ2n) is 10.0. The molecule has 0 spiro atoms. The highest BCUT2D eigenvalue weighted by Gasteiger charge is 2.38. The molecule has 0 unspecified atom stereocenters. The van der Waals surface area contributed by atoms with Crippen molar-refractivity contribution in [2.45, 2.75) is 64.1 Å². The van der Waals surface area contributed by atoms with Crippen LogP contribution in [-0.2, 0) is 11.3 Å². The van der Waals surface area contributed by atoms with E-state index in [2.05, 4.69) is 25.7 Å². The molecule has 1 aliphatic carbocycles. The minimum atomic E-state index is -0.810. The van der Waals surface area contributed by atoms with Gasteiger partial charge in [-0.05, 0) is 38.3 Å². The summed E-state index contributed by atoms with van der Waals surface area (Å²) in [5.74, 6) is -2.58. The zero-order valence-electron chi connectivity index (χ0n) is 21.2. The third-order valence-electron chi connectivity index (χ3n) is 7.41. The average Bonchev–Trinajstić information content (AvgIpc) is 3.57. The molecule has 38 heavy (non-hydrogen) atoms. The number of nitrogens with one attached hydrogen (secondary N) is 2. The Morgan fingerprint density at radius 1 is 1.16 bits per heavy atom. The Morgan fingerprint density at radius 2 is 1.97 bits per heavy atom. The van der Waals surface area contributed by atoms with Gasteiger partial charge < -0.3 is 15.2 Å². The number of carbonyl (C=O) groups excluding carboxylic acids is 2. The molecule has 2 atom stereocenters. The second kappa shape index (κ2) is 11.7. The number of rotatable bonds is 7. The number of hydrogen-bond acceptors (Lipinski definition) is 7. The van der Waals surface area contributed by atoms with Crippen molar-refractivity contribution < 1.29 is 22.9 Å². The molecule has 0 radical (unpaired) electrons. The molecule has 1 aliphatic heterocycles. The van der Waals surface area contributed by atoms with Crippen LogP contribution in [0.2, 0.25) is 0 Å². The molecular weight excluding hydrogens is 512 g/mol. The van der Waals surface area contributed by atoms with Crippen LogP contribution in [0.15, 0.2) is 35.0 Å². The van der Waals surface area contributed by atoms with Gasteiger partial charge in [0.05, 0.1) is 18.0 Å². The number of thiazole rings is 1. The van der Waals surface area contributed by atoms with E-state index in [1.165, 1.54) is 42.7 Å². The Morgan fingerprint density at radius 3 is 2.71 bits per heavy atom. The predicted molar refractivity (Wildman–Crippen MR) is 138 cm³/mol. The van der Waals surface area contributed by atoms with Crippen LogP contribution in [0.3, 0.4) is 0 Å². The number of aromatic nitrogens is 2. The summed E-state index contributed by atoms with van der Waals surface area (Å²) in [5.41, 5.74) is -0.0238. The van der Waals surface area contributed by atoms with Crippen LogP contribution >= 0.6 is 11.3 Å². The van der Waals surface area contributed by atoms with Crippen LogP contribution in [0.1, 0.15) is 58.9 Å². The maximum atomic E-state index is 14.2. The molecular formula is C27H31F2N5O3S. The van der Waals surface area contributed by atoms with E-state index >= 15 is 0 Å². The normalized spacial score (nSPS) is 20.8. The highest BCUT2D eigenvalue weighted by Crippen LogP contribution is 2.29. The lowest BCUT2D eigenvalue weighted by Crippen LogP contribution is -2.57. The second-order valence-corrected chi connectivity index (χ2v) is 11.4. The summed E-state index contributed by atoms with van der Waals surface area (Å²) >= 11 is 1.54. The first-order chi connectivity index (χ1) is 18.4. The minimum absolute atomic E-state index is 0.00779. The van der Waals surface area contributed by atoms with Crippen molar-refractivity contribution in [2.75, 3.05) is 13.1 Å². The summed E-state index contributed by atoms with van der Waals surface area (Å²) in [5, 5.41) is 10.6. The Kier molecular flexibility index (Phi) is 8.13. The average molecular weight is 544 g/mol. The van der Waals surface area contributed by atoms with Gasteiger partial charge in [0, 0.05) is 48.4 Å². The fourth-order valence-electron chi connectivity index (χ4n) is 5.41. The lowest BCUT2D eigenvalue weighted by atomic mass is 9.87. The van der Waals surface area contributed by atoms with Gasteiger partial charge in [-0.25, -0.2) is 13.8 Å². The van der Waals surface area contributed by atoms with E-state index in [1.54, 1.807) is 6.20 Å². The van der Waals surface area contributed by atoms with E-state index in [1.807, 2.05) is 6.92 Å². The van der Waals surface area contributed by atoms with Crippen LogP contribution in [0.4, 0.5) is 8.78 Å². The molecule has 2 N–H and O–H groups in total. The highest BCUT2D eigenvalue weighted by atomic mass is 32.1. The third kappa shape index (κ3) is 6.10. The molecule has 1 aromatic carbocycles. The molecule has 8 nitrogen and oxygen atoms in total. The summed E-state index contributed by atoms with van der Waals surface area (Å²) in [6, 6.07) is 4.47. The van der Waals surface area contributed by atoms with E-state index in [0.29, 0.717) is 25.6 Å². The number of nitrogens with zero attached hydrogens (tertiary/aromatic N) is 3. The summed E-state index contributed by atoms with van der Waals surface area (Å²) in [7, 11) is 0. The van der Waals surface area contributed by atoms with Crippen molar-refractivity contribution in [3.8, 4) is 11.3 Å². The fourth-order valence-corrected chi connectivity index (χ4v) is 6.14. The fraction of sp³-hybridized carbons (Fsp3) is 0.481. The SMILES string of the molecule is Cc1cnc(CNC(=O)[C@@H]2CN(C3CCCCC3)CC[C@H]2NC(=O)c2cc(-c3ccc(F)cc3F)on2)s1. The van der Waals surface area contributed by atoms with Gasteiger partial charge in [-0.3, -0.25) is 14.5 Å². The molecule has 3 heterocycles. The number of halogens is 2. The molecule has 2 aliphatic rings. The van der Waals surface area contributed by atoms with Gasteiger partial charge in [0.25, 0.3) is 5.91 Å². The zero-order chi connectivity index (χ0) is 26.6. The number of amides is 2. The molecule has 2 fully saturated rings. The van der Waals surface area contributed by atoms with Gasteiger partial charge in [0.2, 0.25) is 5.91 Å². The standard InChI is InChI=1S/C27H31F2N5O3S/c1-16-13-30-25(38-16)14-31-26(35)20-15-34(18-5-3-2-4-6-18)10-9-22(20)32-27(36)23-12-24(37-33-23)19-8-7-17(28)11-21(19)29/h7-8,11-13,18,20,22H,2-6,9-10,14-15H2,1H3,(H,31,35)(H,32,36)/t20-,22-/m1/s1.